The minimum absolute atomic E-state index is 0.102. The van der Waals surface area contributed by atoms with E-state index >= 15 is 0 Å². The second kappa shape index (κ2) is 3.80. The monoisotopic (exact) mass is 118 g/mol. The number of hydrogen-bond donors (Lipinski definition) is 3. The van der Waals surface area contributed by atoms with E-state index in [2.05, 4.69) is 0 Å². The molecular formula is C4H14N4. The summed E-state index contributed by atoms with van der Waals surface area (Å²) < 4.78 is 0. The normalized spacial score (nSPS) is 14.6. The average Bonchev–Trinajstić information content (AvgIpc) is 1.65. The molecule has 0 bridgehead atoms. The lowest BCUT2D eigenvalue weighted by Gasteiger charge is -2.13. The van der Waals surface area contributed by atoms with Gasteiger partial charge in [-0.05, 0) is 6.42 Å². The first-order valence-corrected chi connectivity index (χ1v) is 2.69. The molecule has 0 aromatic heterocycles. The zero-order valence-electron chi connectivity index (χ0n) is 5.17. The Kier molecular flexibility index (Phi) is 3.72. The van der Waals surface area contributed by atoms with Gasteiger partial charge >= 0.3 is 0 Å². The molecule has 1 atom stereocenters. The van der Waals surface area contributed by atoms with Gasteiger partial charge in [0.25, 0.3) is 0 Å². The summed E-state index contributed by atoms with van der Waals surface area (Å²) in [4.78, 5) is 0. The van der Waals surface area contributed by atoms with Gasteiger partial charge in [0.2, 0.25) is 0 Å². The number of rotatable bonds is 3. The summed E-state index contributed by atoms with van der Waals surface area (Å²) >= 11 is 0. The Hall–Kier alpha value is -0.160. The second-order valence-corrected chi connectivity index (χ2v) is 1.87. The number of hydrazine groups is 2. The zero-order chi connectivity index (χ0) is 6.57. The van der Waals surface area contributed by atoms with E-state index in [9.17, 15) is 0 Å². The molecule has 0 radical (unpaired) electrons. The molecule has 50 valence electrons. The fourth-order valence-electron chi connectivity index (χ4n) is 0.400. The number of nitrogens with two attached hydrogens (primary N) is 3. The van der Waals surface area contributed by atoms with Crippen molar-refractivity contribution in [3.8, 4) is 0 Å². The molecule has 1 unspecified atom stereocenters. The van der Waals surface area contributed by atoms with E-state index in [0.29, 0.717) is 6.54 Å². The summed E-state index contributed by atoms with van der Waals surface area (Å²) in [7, 11) is 0. The maximum absolute atomic E-state index is 5.47. The fourth-order valence-corrected chi connectivity index (χ4v) is 0.400. The van der Waals surface area contributed by atoms with Gasteiger partial charge in [0.15, 0.2) is 0 Å². The highest BCUT2D eigenvalue weighted by molar-refractivity contribution is 4.58. The van der Waals surface area contributed by atoms with E-state index in [4.69, 9.17) is 17.4 Å². The summed E-state index contributed by atoms with van der Waals surface area (Å²) in [5.74, 6) is 10.2. The molecule has 0 rings (SSSR count). The average molecular weight is 118 g/mol. The van der Waals surface area contributed by atoms with Crippen LogP contribution in [0, 0.1) is 0 Å². The first-order chi connectivity index (χ1) is 3.66. The molecule has 0 saturated carbocycles. The first-order valence-electron chi connectivity index (χ1n) is 2.69. The topological polar surface area (TPSA) is 81.3 Å². The smallest absolute Gasteiger partial charge is 0.0434 e. The molecule has 0 aromatic carbocycles. The maximum atomic E-state index is 5.47. The largest absolute Gasteiger partial charge is 0.326 e. The van der Waals surface area contributed by atoms with Gasteiger partial charge in [-0.1, -0.05) is 6.92 Å². The van der Waals surface area contributed by atoms with E-state index in [0.717, 1.165) is 11.5 Å². The van der Waals surface area contributed by atoms with E-state index in [-0.39, 0.29) is 6.04 Å². The Bertz CT molecular complexity index is 54.0. The lowest BCUT2D eigenvalue weighted by Crippen LogP contribution is -2.45. The van der Waals surface area contributed by atoms with Crippen molar-refractivity contribution in [1.82, 2.24) is 5.12 Å². The number of nitrogens with zero attached hydrogens (tertiary/aromatic N) is 1. The van der Waals surface area contributed by atoms with E-state index in [1.165, 1.54) is 0 Å². The number of hydrogen-bond acceptors (Lipinski definition) is 4. The summed E-state index contributed by atoms with van der Waals surface area (Å²) in [6.07, 6.45) is 0.908. The zero-order valence-corrected chi connectivity index (χ0v) is 5.17. The van der Waals surface area contributed by atoms with Gasteiger partial charge in [-0.3, -0.25) is 11.7 Å². The molecule has 8 heavy (non-hydrogen) atoms. The standard InChI is InChI=1S/C4H14N4/c1-2-4(5)3-8(6)7/h4H,2-3,5-7H2,1H3. The van der Waals surface area contributed by atoms with Crippen LogP contribution in [0.1, 0.15) is 13.3 Å². The van der Waals surface area contributed by atoms with Gasteiger partial charge in [0, 0.05) is 12.6 Å². The van der Waals surface area contributed by atoms with E-state index in [1.807, 2.05) is 6.92 Å². The van der Waals surface area contributed by atoms with Crippen molar-refractivity contribution in [2.75, 3.05) is 6.54 Å². The molecule has 0 aliphatic rings. The molecule has 4 heteroatoms. The van der Waals surface area contributed by atoms with Crippen molar-refractivity contribution >= 4 is 0 Å². The lowest BCUT2D eigenvalue weighted by molar-refractivity contribution is 0.271. The highest BCUT2D eigenvalue weighted by atomic mass is 15.6. The van der Waals surface area contributed by atoms with E-state index in [1.54, 1.807) is 0 Å². The minimum Gasteiger partial charge on any atom is -0.326 e. The lowest BCUT2D eigenvalue weighted by atomic mass is 10.2. The molecule has 0 amide bonds. The highest BCUT2D eigenvalue weighted by Gasteiger charge is 1.98. The predicted octanol–water partition coefficient (Wildman–Crippen LogP) is -1.23. The fraction of sp³-hybridized carbons (Fsp3) is 1.00. The molecular weight excluding hydrogens is 104 g/mol. The first kappa shape index (κ1) is 7.84. The Labute approximate surface area is 49.6 Å². The summed E-state index contributed by atoms with van der Waals surface area (Å²) in [6.45, 7) is 2.55. The Morgan fingerprint density at radius 3 is 2.12 bits per heavy atom. The third-order valence-corrected chi connectivity index (χ3v) is 0.970. The van der Waals surface area contributed by atoms with Gasteiger partial charge in [-0.2, -0.15) is 5.12 Å². The molecule has 4 nitrogen and oxygen atoms in total. The van der Waals surface area contributed by atoms with Gasteiger partial charge in [0.1, 0.15) is 0 Å². The quantitative estimate of drug-likeness (QED) is 0.320. The molecule has 0 saturated heterocycles. The van der Waals surface area contributed by atoms with Crippen molar-refractivity contribution in [2.24, 2.45) is 17.4 Å². The minimum atomic E-state index is 0.102. The molecule has 0 aliphatic carbocycles. The molecule has 6 N–H and O–H groups in total. The third kappa shape index (κ3) is 4.01. The van der Waals surface area contributed by atoms with Crippen molar-refractivity contribution < 1.29 is 0 Å². The molecule has 0 aliphatic heterocycles. The van der Waals surface area contributed by atoms with Gasteiger partial charge in [-0.25, -0.2) is 0 Å². The van der Waals surface area contributed by atoms with Crippen LogP contribution in [-0.2, 0) is 0 Å². The van der Waals surface area contributed by atoms with Crippen LogP contribution in [0.2, 0.25) is 0 Å². The van der Waals surface area contributed by atoms with Crippen LogP contribution < -0.4 is 17.4 Å². The van der Waals surface area contributed by atoms with Gasteiger partial charge in [-0.15, -0.1) is 0 Å². The van der Waals surface area contributed by atoms with Crippen molar-refractivity contribution in [3.63, 3.8) is 0 Å². The van der Waals surface area contributed by atoms with Crippen LogP contribution in [0.5, 0.6) is 0 Å². The Morgan fingerprint density at radius 2 is 2.00 bits per heavy atom. The summed E-state index contributed by atoms with van der Waals surface area (Å²) in [6, 6.07) is 0.102. The van der Waals surface area contributed by atoms with Crippen molar-refractivity contribution in [2.45, 2.75) is 19.4 Å². The Balaban J connectivity index is 3.10. The molecule has 0 aromatic rings. The SMILES string of the molecule is CCC(N)CN(N)N. The molecule has 0 spiro atoms. The Morgan fingerprint density at radius 1 is 1.50 bits per heavy atom. The summed E-state index contributed by atoms with van der Waals surface area (Å²) in [5.41, 5.74) is 5.47. The third-order valence-electron chi connectivity index (χ3n) is 0.970. The van der Waals surface area contributed by atoms with Crippen molar-refractivity contribution in [3.05, 3.63) is 0 Å². The van der Waals surface area contributed by atoms with Crippen LogP contribution in [0.15, 0.2) is 0 Å². The van der Waals surface area contributed by atoms with Crippen LogP contribution in [-0.4, -0.2) is 17.7 Å². The van der Waals surface area contributed by atoms with Gasteiger partial charge in [0.05, 0.1) is 0 Å². The molecule has 0 heterocycles. The predicted molar refractivity (Wildman–Crippen MR) is 33.3 cm³/mol. The van der Waals surface area contributed by atoms with Crippen LogP contribution in [0.4, 0.5) is 0 Å². The molecule has 0 fully saturated rings. The van der Waals surface area contributed by atoms with Crippen LogP contribution in [0.25, 0.3) is 0 Å². The van der Waals surface area contributed by atoms with E-state index < -0.39 is 0 Å². The second-order valence-electron chi connectivity index (χ2n) is 1.87. The van der Waals surface area contributed by atoms with Crippen molar-refractivity contribution in [1.29, 1.82) is 0 Å². The highest BCUT2D eigenvalue weighted by Crippen LogP contribution is 1.83. The summed E-state index contributed by atoms with van der Waals surface area (Å²) in [5, 5.41) is 1.11. The van der Waals surface area contributed by atoms with Gasteiger partial charge < -0.3 is 5.73 Å². The van der Waals surface area contributed by atoms with Crippen LogP contribution >= 0.6 is 0 Å². The van der Waals surface area contributed by atoms with Crippen LogP contribution in [0.3, 0.4) is 0 Å². The maximum Gasteiger partial charge on any atom is 0.0434 e.